The summed E-state index contributed by atoms with van der Waals surface area (Å²) in [6.07, 6.45) is 2.07. The fourth-order valence-electron chi connectivity index (χ4n) is 4.70. The summed E-state index contributed by atoms with van der Waals surface area (Å²) in [5.74, 6) is -0.108. The molecular weight excluding hydrogens is 376 g/mol. The topological polar surface area (TPSA) is 56.8 Å². The van der Waals surface area contributed by atoms with E-state index in [4.69, 9.17) is 4.74 Å². The van der Waals surface area contributed by atoms with E-state index in [1.807, 2.05) is 12.1 Å². The molecule has 7 heteroatoms. The van der Waals surface area contributed by atoms with Gasteiger partial charge in [0.1, 0.15) is 11.6 Å². The number of nitrogens with zero attached hydrogens (tertiary/aromatic N) is 1. The highest BCUT2D eigenvalue weighted by atomic mass is 19.1. The van der Waals surface area contributed by atoms with E-state index in [-0.39, 0.29) is 17.7 Å². The second-order valence-corrected chi connectivity index (χ2v) is 7.93. The van der Waals surface area contributed by atoms with Gasteiger partial charge in [0.2, 0.25) is 0 Å². The van der Waals surface area contributed by atoms with Gasteiger partial charge in [-0.05, 0) is 43.0 Å². The van der Waals surface area contributed by atoms with Crippen LogP contribution in [-0.4, -0.2) is 42.8 Å². The molecule has 2 heterocycles. The van der Waals surface area contributed by atoms with Gasteiger partial charge in [-0.3, -0.25) is 15.8 Å². The van der Waals surface area contributed by atoms with Gasteiger partial charge in [0.15, 0.2) is 11.5 Å². The van der Waals surface area contributed by atoms with Gasteiger partial charge < -0.3 is 9.84 Å². The molecule has 3 atom stereocenters. The number of nitrogens with one attached hydrogen (secondary N) is 2. The summed E-state index contributed by atoms with van der Waals surface area (Å²) in [7, 11) is 1.54. The summed E-state index contributed by atoms with van der Waals surface area (Å²) in [4.78, 5) is 2.32. The van der Waals surface area contributed by atoms with Crippen LogP contribution in [0.1, 0.15) is 29.9 Å². The molecule has 0 saturated carbocycles. The molecule has 29 heavy (non-hydrogen) atoms. The fourth-order valence-corrected chi connectivity index (χ4v) is 4.70. The van der Waals surface area contributed by atoms with Crippen LogP contribution >= 0.6 is 0 Å². The number of piperidine rings is 1. The smallest absolute Gasteiger partial charge is 0.162 e. The molecule has 0 aromatic heterocycles. The van der Waals surface area contributed by atoms with Gasteiger partial charge in [-0.2, -0.15) is 0 Å². The van der Waals surface area contributed by atoms with Crippen molar-refractivity contribution in [3.05, 3.63) is 59.2 Å². The number of phenolic OH excluding ortho intramolecular Hbond substituents is 1. The summed E-state index contributed by atoms with van der Waals surface area (Å²) in [5, 5.41) is 10.4. The minimum absolute atomic E-state index is 0.0502. The molecule has 2 aromatic carbocycles. The first kappa shape index (κ1) is 20.1. The molecule has 3 N–H and O–H groups in total. The van der Waals surface area contributed by atoms with E-state index in [0.29, 0.717) is 30.3 Å². The number of likely N-dealkylation sites (tertiary alicyclic amines) is 1. The zero-order chi connectivity index (χ0) is 20.4. The number of aromatic hydroxyl groups is 1. The molecule has 0 radical (unpaired) electrons. The van der Waals surface area contributed by atoms with Crippen LogP contribution in [-0.2, 0) is 6.54 Å². The van der Waals surface area contributed by atoms with E-state index in [1.54, 1.807) is 19.2 Å². The largest absolute Gasteiger partial charge is 0.504 e. The van der Waals surface area contributed by atoms with Crippen molar-refractivity contribution >= 4 is 0 Å². The Morgan fingerprint density at radius 1 is 1.24 bits per heavy atom. The minimum atomic E-state index is -0.552. The molecule has 5 nitrogen and oxygen atoms in total. The number of benzene rings is 2. The fraction of sp³-hybridized carbons (Fsp3) is 0.455. The molecule has 2 aliphatic heterocycles. The number of rotatable bonds is 5. The zero-order valence-electron chi connectivity index (χ0n) is 16.5. The van der Waals surface area contributed by atoms with Gasteiger partial charge in [0.25, 0.3) is 0 Å². The highest BCUT2D eigenvalue weighted by Crippen LogP contribution is 2.35. The number of hydrogen-bond donors (Lipinski definition) is 3. The van der Waals surface area contributed by atoms with Crippen LogP contribution in [0.25, 0.3) is 0 Å². The van der Waals surface area contributed by atoms with Crippen molar-refractivity contribution in [2.75, 3.05) is 26.7 Å². The third kappa shape index (κ3) is 4.22. The van der Waals surface area contributed by atoms with E-state index in [9.17, 15) is 13.9 Å². The summed E-state index contributed by atoms with van der Waals surface area (Å²) >= 11 is 0. The van der Waals surface area contributed by atoms with Crippen molar-refractivity contribution in [3.63, 3.8) is 0 Å². The lowest BCUT2D eigenvalue weighted by Crippen LogP contribution is -2.46. The Hall–Kier alpha value is -2.22. The lowest BCUT2D eigenvalue weighted by atomic mass is 9.81. The second kappa shape index (κ2) is 8.65. The summed E-state index contributed by atoms with van der Waals surface area (Å²) in [6.45, 7) is 3.04. The van der Waals surface area contributed by atoms with Gasteiger partial charge >= 0.3 is 0 Å². The third-order valence-corrected chi connectivity index (χ3v) is 6.13. The Bertz CT molecular complexity index is 864. The van der Waals surface area contributed by atoms with E-state index in [1.165, 1.54) is 6.07 Å². The van der Waals surface area contributed by atoms with Gasteiger partial charge in [0, 0.05) is 43.2 Å². The first-order valence-corrected chi connectivity index (χ1v) is 10.1. The Kier molecular flexibility index (Phi) is 5.99. The number of hydrogen-bond acceptors (Lipinski definition) is 5. The molecule has 2 fully saturated rings. The number of para-hydroxylation sites is 1. The molecule has 0 bridgehead atoms. The first-order chi connectivity index (χ1) is 14.1. The van der Waals surface area contributed by atoms with Crippen molar-refractivity contribution in [3.8, 4) is 11.5 Å². The van der Waals surface area contributed by atoms with Crippen molar-refractivity contribution < 1.29 is 18.6 Å². The maximum absolute atomic E-state index is 14.4. The van der Waals surface area contributed by atoms with Crippen molar-refractivity contribution in [1.82, 2.24) is 15.8 Å². The van der Waals surface area contributed by atoms with Crippen molar-refractivity contribution in [2.24, 2.45) is 5.92 Å². The van der Waals surface area contributed by atoms with Crippen LogP contribution in [0.15, 0.2) is 36.4 Å². The quantitative estimate of drug-likeness (QED) is 0.716. The molecule has 0 spiro atoms. The average molecular weight is 403 g/mol. The van der Waals surface area contributed by atoms with Crippen LogP contribution in [0, 0.1) is 17.6 Å². The zero-order valence-corrected chi connectivity index (χ0v) is 16.5. The molecular formula is C22H27F2N3O2. The van der Waals surface area contributed by atoms with E-state index < -0.39 is 11.6 Å². The maximum atomic E-state index is 14.4. The second-order valence-electron chi connectivity index (χ2n) is 7.93. The van der Waals surface area contributed by atoms with Gasteiger partial charge in [-0.1, -0.05) is 18.2 Å². The van der Waals surface area contributed by atoms with Gasteiger partial charge in [-0.15, -0.1) is 0 Å². The first-order valence-electron chi connectivity index (χ1n) is 10.1. The molecule has 2 aromatic rings. The molecule has 3 unspecified atom stereocenters. The monoisotopic (exact) mass is 403 g/mol. The van der Waals surface area contributed by atoms with Crippen LogP contribution in [0.3, 0.4) is 0 Å². The van der Waals surface area contributed by atoms with E-state index in [0.717, 1.165) is 37.6 Å². The number of ether oxygens (including phenoxy) is 1. The molecule has 156 valence electrons. The van der Waals surface area contributed by atoms with Crippen LogP contribution < -0.4 is 15.6 Å². The molecule has 2 aliphatic rings. The Balaban J connectivity index is 1.48. The summed E-state index contributed by atoms with van der Waals surface area (Å²) in [5.41, 5.74) is 7.88. The minimum Gasteiger partial charge on any atom is -0.504 e. The summed E-state index contributed by atoms with van der Waals surface area (Å²) in [6, 6.07) is 9.45. The summed E-state index contributed by atoms with van der Waals surface area (Å²) < 4.78 is 32.9. The molecule has 0 amide bonds. The van der Waals surface area contributed by atoms with Crippen LogP contribution in [0.4, 0.5) is 8.78 Å². The van der Waals surface area contributed by atoms with E-state index >= 15 is 0 Å². The molecule has 2 saturated heterocycles. The lowest BCUT2D eigenvalue weighted by molar-refractivity contribution is 0.138. The Morgan fingerprint density at radius 2 is 2.10 bits per heavy atom. The third-order valence-electron chi connectivity index (χ3n) is 6.13. The average Bonchev–Trinajstić information content (AvgIpc) is 3.19. The normalized spacial score (nSPS) is 25.3. The van der Waals surface area contributed by atoms with Crippen LogP contribution in [0.5, 0.6) is 11.5 Å². The van der Waals surface area contributed by atoms with E-state index in [2.05, 4.69) is 15.8 Å². The number of phenols is 1. The lowest BCUT2D eigenvalue weighted by Gasteiger charge is -2.37. The highest BCUT2D eigenvalue weighted by Gasteiger charge is 2.37. The van der Waals surface area contributed by atoms with Crippen LogP contribution in [0.2, 0.25) is 0 Å². The van der Waals surface area contributed by atoms with Gasteiger partial charge in [-0.25, -0.2) is 8.78 Å². The number of methoxy groups -OCH3 is 1. The highest BCUT2D eigenvalue weighted by molar-refractivity contribution is 5.45. The predicted octanol–water partition coefficient (Wildman–Crippen LogP) is 3.15. The number of hydrazine groups is 1. The Morgan fingerprint density at radius 3 is 2.90 bits per heavy atom. The number of halogens is 2. The standard InChI is InChI=1S/C22H27F2N3O2/c1-29-20-6-2-4-15(22(20)28)13-27-9-3-5-14(12-27)21-18(11-25-26-21)17-8-7-16(23)10-19(17)24/h2,4,6-8,10,14,18,21,25-26,28H,3,5,9,11-13H2,1H3. The predicted molar refractivity (Wildman–Crippen MR) is 107 cm³/mol. The van der Waals surface area contributed by atoms with Crippen molar-refractivity contribution in [2.45, 2.75) is 31.3 Å². The molecule has 0 aliphatic carbocycles. The molecule has 4 rings (SSSR count). The van der Waals surface area contributed by atoms with Gasteiger partial charge in [0.05, 0.1) is 7.11 Å². The van der Waals surface area contributed by atoms with Crippen molar-refractivity contribution in [1.29, 1.82) is 0 Å². The SMILES string of the molecule is COc1cccc(CN2CCCC(C3NNCC3c3ccc(F)cc3F)C2)c1O. The maximum Gasteiger partial charge on any atom is 0.162 e. The Labute approximate surface area is 169 Å².